The van der Waals surface area contributed by atoms with Gasteiger partial charge in [-0.15, -0.1) is 0 Å². The van der Waals surface area contributed by atoms with Gasteiger partial charge in [0.2, 0.25) is 5.91 Å². The third kappa shape index (κ3) is 5.90. The quantitative estimate of drug-likeness (QED) is 0.443. The van der Waals surface area contributed by atoms with Crippen molar-refractivity contribution in [3.05, 3.63) is 69.8 Å². The van der Waals surface area contributed by atoms with E-state index in [1.54, 1.807) is 12.1 Å². The molecule has 146 valence electrons. The fourth-order valence-corrected chi connectivity index (χ4v) is 2.21. The zero-order chi connectivity index (χ0) is 20.7. The molecule has 0 radical (unpaired) electrons. The number of hydrogen-bond donors (Lipinski definition) is 1. The van der Waals surface area contributed by atoms with Crippen molar-refractivity contribution >= 4 is 29.2 Å². The van der Waals surface area contributed by atoms with Gasteiger partial charge in [0.1, 0.15) is 0 Å². The van der Waals surface area contributed by atoms with Crippen LogP contribution in [0.2, 0.25) is 0 Å². The fourth-order valence-electron chi connectivity index (χ4n) is 2.21. The number of nitro benzene ring substituents is 1. The van der Waals surface area contributed by atoms with Gasteiger partial charge < -0.3 is 15.0 Å². The first-order valence-corrected chi connectivity index (χ1v) is 8.28. The lowest BCUT2D eigenvalue weighted by atomic mass is 10.2. The second-order valence-electron chi connectivity index (χ2n) is 6.05. The van der Waals surface area contributed by atoms with Gasteiger partial charge in [0, 0.05) is 24.9 Å². The molecule has 0 unspecified atom stereocenters. The van der Waals surface area contributed by atoms with Crippen LogP contribution >= 0.6 is 0 Å². The molecular weight excluding hydrogens is 366 g/mol. The van der Waals surface area contributed by atoms with E-state index in [-0.39, 0.29) is 17.8 Å². The van der Waals surface area contributed by atoms with Crippen molar-refractivity contribution in [3.63, 3.8) is 0 Å². The number of nitrogens with one attached hydrogen (secondary N) is 1. The Kier molecular flexibility index (Phi) is 6.80. The number of non-ortho nitro benzene ring substituents is 1. The molecule has 0 aliphatic carbocycles. The van der Waals surface area contributed by atoms with E-state index in [2.05, 4.69) is 5.32 Å². The van der Waals surface area contributed by atoms with Crippen LogP contribution in [-0.2, 0) is 14.3 Å². The molecule has 0 aliphatic heterocycles. The first kappa shape index (κ1) is 20.6. The summed E-state index contributed by atoms with van der Waals surface area (Å²) in [5, 5.41) is 13.4. The zero-order valence-electron chi connectivity index (χ0n) is 15.4. The average molecular weight is 385 g/mol. The second kappa shape index (κ2) is 9.26. The fraction of sp³-hybridized carbons (Fsp3) is 0.211. The molecule has 0 aromatic heterocycles. The molecule has 28 heavy (non-hydrogen) atoms. The number of esters is 1. The number of aryl methyl sites for hydroxylation is 1. The number of nitro groups is 1. The van der Waals surface area contributed by atoms with Gasteiger partial charge in [0.15, 0.2) is 6.61 Å². The second-order valence-corrected chi connectivity index (χ2v) is 6.05. The number of benzene rings is 2. The van der Waals surface area contributed by atoms with Crippen LogP contribution < -0.4 is 5.32 Å². The molecular formula is C19H19N3O6. The van der Waals surface area contributed by atoms with E-state index in [4.69, 9.17) is 4.74 Å². The lowest BCUT2D eigenvalue weighted by Crippen LogP contribution is -2.37. The van der Waals surface area contributed by atoms with Crippen molar-refractivity contribution in [1.82, 2.24) is 4.90 Å². The van der Waals surface area contributed by atoms with Crippen molar-refractivity contribution in [3.8, 4) is 0 Å². The standard InChI is InChI=1S/C19H19N3O6/c1-13-6-8-15(9-7-13)20-17(23)11-21(2)18(24)12-28-19(25)14-4-3-5-16(10-14)22(26)27/h3-10H,11-12H2,1-2H3,(H,20,23). The predicted molar refractivity (Wildman–Crippen MR) is 101 cm³/mol. The highest BCUT2D eigenvalue weighted by Crippen LogP contribution is 2.14. The molecule has 1 N–H and O–H groups in total. The molecule has 0 bridgehead atoms. The van der Waals surface area contributed by atoms with Gasteiger partial charge >= 0.3 is 5.97 Å². The van der Waals surface area contributed by atoms with Crippen LogP contribution in [0.4, 0.5) is 11.4 Å². The summed E-state index contributed by atoms with van der Waals surface area (Å²) in [6.45, 7) is 1.11. The average Bonchev–Trinajstić information content (AvgIpc) is 2.67. The molecule has 0 saturated heterocycles. The van der Waals surface area contributed by atoms with Crippen molar-refractivity contribution in [1.29, 1.82) is 0 Å². The van der Waals surface area contributed by atoms with E-state index in [0.29, 0.717) is 5.69 Å². The van der Waals surface area contributed by atoms with Crippen molar-refractivity contribution in [2.75, 3.05) is 25.5 Å². The van der Waals surface area contributed by atoms with E-state index >= 15 is 0 Å². The number of anilines is 1. The Morgan fingerprint density at radius 2 is 1.82 bits per heavy atom. The lowest BCUT2D eigenvalue weighted by Gasteiger charge is -2.16. The van der Waals surface area contributed by atoms with E-state index < -0.39 is 29.3 Å². The van der Waals surface area contributed by atoms with Gasteiger partial charge in [-0.05, 0) is 25.1 Å². The summed E-state index contributed by atoms with van der Waals surface area (Å²) in [6, 6.07) is 12.2. The largest absolute Gasteiger partial charge is 0.452 e. The van der Waals surface area contributed by atoms with Gasteiger partial charge in [-0.2, -0.15) is 0 Å². The van der Waals surface area contributed by atoms with Crippen molar-refractivity contribution < 1.29 is 24.0 Å². The van der Waals surface area contributed by atoms with E-state index in [1.165, 1.54) is 25.2 Å². The van der Waals surface area contributed by atoms with E-state index in [1.807, 2.05) is 19.1 Å². The molecule has 0 aliphatic rings. The molecule has 0 fully saturated rings. The topological polar surface area (TPSA) is 119 Å². The molecule has 0 heterocycles. The Balaban J connectivity index is 1.83. The maximum absolute atomic E-state index is 12.0. The van der Waals surface area contributed by atoms with Crippen LogP contribution in [0.5, 0.6) is 0 Å². The normalized spacial score (nSPS) is 10.1. The number of carbonyl (C=O) groups excluding carboxylic acids is 3. The summed E-state index contributed by atoms with van der Waals surface area (Å²) in [4.78, 5) is 47.2. The minimum atomic E-state index is -0.866. The summed E-state index contributed by atoms with van der Waals surface area (Å²) < 4.78 is 4.87. The molecule has 2 aromatic carbocycles. The molecule has 2 rings (SSSR count). The Hall–Kier alpha value is -3.75. The van der Waals surface area contributed by atoms with Crippen molar-refractivity contribution in [2.45, 2.75) is 6.92 Å². The van der Waals surface area contributed by atoms with Crippen LogP contribution in [-0.4, -0.2) is 47.8 Å². The third-order valence-corrected chi connectivity index (χ3v) is 3.76. The number of ether oxygens (including phenoxy) is 1. The third-order valence-electron chi connectivity index (χ3n) is 3.76. The van der Waals surface area contributed by atoms with Gasteiger partial charge in [-0.1, -0.05) is 23.8 Å². The van der Waals surface area contributed by atoms with Gasteiger partial charge in [-0.3, -0.25) is 19.7 Å². The van der Waals surface area contributed by atoms with Crippen LogP contribution in [0.3, 0.4) is 0 Å². The van der Waals surface area contributed by atoms with E-state index in [9.17, 15) is 24.5 Å². The van der Waals surface area contributed by atoms with Gasteiger partial charge in [0.05, 0.1) is 17.0 Å². The maximum atomic E-state index is 12.0. The summed E-state index contributed by atoms with van der Waals surface area (Å²) in [6.07, 6.45) is 0. The lowest BCUT2D eigenvalue weighted by molar-refractivity contribution is -0.384. The Labute approximate surface area is 161 Å². The molecule has 2 amide bonds. The van der Waals surface area contributed by atoms with Crippen LogP contribution in [0, 0.1) is 17.0 Å². The summed E-state index contributed by atoms with van der Waals surface area (Å²) >= 11 is 0. The minimum Gasteiger partial charge on any atom is -0.452 e. The molecule has 9 heteroatoms. The van der Waals surface area contributed by atoms with Crippen LogP contribution in [0.1, 0.15) is 15.9 Å². The molecule has 0 saturated carbocycles. The number of likely N-dealkylation sites (N-methyl/N-ethyl adjacent to an activating group) is 1. The summed E-state index contributed by atoms with van der Waals surface area (Å²) in [7, 11) is 1.40. The molecule has 9 nitrogen and oxygen atoms in total. The highest BCUT2D eigenvalue weighted by molar-refractivity contribution is 5.95. The van der Waals surface area contributed by atoms with Crippen molar-refractivity contribution in [2.24, 2.45) is 0 Å². The predicted octanol–water partition coefficient (Wildman–Crippen LogP) is 2.16. The molecule has 0 atom stereocenters. The number of nitrogens with zero attached hydrogens (tertiary/aromatic N) is 2. The smallest absolute Gasteiger partial charge is 0.338 e. The number of amides is 2. The first-order chi connectivity index (χ1) is 13.3. The maximum Gasteiger partial charge on any atom is 0.338 e. The van der Waals surface area contributed by atoms with Crippen LogP contribution in [0.25, 0.3) is 0 Å². The Bertz CT molecular complexity index is 895. The Morgan fingerprint density at radius 3 is 2.46 bits per heavy atom. The van der Waals surface area contributed by atoms with Gasteiger partial charge in [0.25, 0.3) is 11.6 Å². The monoisotopic (exact) mass is 385 g/mol. The summed E-state index contributed by atoms with van der Waals surface area (Å²) in [5.41, 5.74) is 1.36. The number of rotatable bonds is 7. The van der Waals surface area contributed by atoms with Crippen LogP contribution in [0.15, 0.2) is 48.5 Å². The van der Waals surface area contributed by atoms with Gasteiger partial charge in [-0.25, -0.2) is 4.79 Å². The number of carbonyl (C=O) groups is 3. The molecule has 2 aromatic rings. The highest BCUT2D eigenvalue weighted by Gasteiger charge is 2.17. The van der Waals surface area contributed by atoms with E-state index in [0.717, 1.165) is 16.5 Å². The summed E-state index contributed by atoms with van der Waals surface area (Å²) in [5.74, 6) is -1.85. The zero-order valence-corrected chi connectivity index (χ0v) is 15.4. The number of hydrogen-bond acceptors (Lipinski definition) is 6. The first-order valence-electron chi connectivity index (χ1n) is 8.28. The minimum absolute atomic E-state index is 0.0400. The SMILES string of the molecule is Cc1ccc(NC(=O)CN(C)C(=O)COC(=O)c2cccc([N+](=O)[O-])c2)cc1. The Morgan fingerprint density at radius 1 is 1.14 bits per heavy atom. The highest BCUT2D eigenvalue weighted by atomic mass is 16.6. The molecule has 0 spiro atoms.